The molecule has 0 spiro atoms. The van der Waals surface area contributed by atoms with Gasteiger partial charge in [-0.1, -0.05) is 6.92 Å². The number of hydrogen-bond acceptors (Lipinski definition) is 5. The maximum atomic E-state index is 13.1. The molecule has 4 rings (SSSR count). The van der Waals surface area contributed by atoms with Gasteiger partial charge in [-0.2, -0.15) is 10.2 Å². The molecule has 0 unspecified atom stereocenters. The summed E-state index contributed by atoms with van der Waals surface area (Å²) in [5.41, 5.74) is 2.45. The number of nitrogens with zero attached hydrogens (tertiary/aromatic N) is 5. The molecular weight excluding hydrogens is 382 g/mol. The van der Waals surface area contributed by atoms with Crippen molar-refractivity contribution in [3.63, 3.8) is 0 Å². The van der Waals surface area contributed by atoms with E-state index in [1.54, 1.807) is 18.4 Å². The van der Waals surface area contributed by atoms with Crippen molar-refractivity contribution in [1.82, 2.24) is 24.5 Å². The van der Waals surface area contributed by atoms with Crippen LogP contribution in [0.25, 0.3) is 11.5 Å². The highest BCUT2D eigenvalue weighted by molar-refractivity contribution is 5.78. The summed E-state index contributed by atoms with van der Waals surface area (Å²) in [6.45, 7) is 7.61. The maximum absolute atomic E-state index is 13.1. The van der Waals surface area contributed by atoms with E-state index in [1.807, 2.05) is 42.5 Å². The number of likely N-dealkylation sites (tertiary alicyclic amines) is 1. The number of rotatable bonds is 5. The molecule has 0 aliphatic carbocycles. The molecule has 3 aromatic rings. The number of carbonyl (C=O) groups is 1. The van der Waals surface area contributed by atoms with Gasteiger partial charge >= 0.3 is 0 Å². The molecule has 1 fully saturated rings. The van der Waals surface area contributed by atoms with Gasteiger partial charge in [-0.25, -0.2) is 4.68 Å². The van der Waals surface area contributed by atoms with Crippen LogP contribution in [0, 0.1) is 19.8 Å². The molecule has 1 saturated heterocycles. The van der Waals surface area contributed by atoms with Gasteiger partial charge < -0.3 is 9.32 Å². The molecule has 1 aliphatic rings. The van der Waals surface area contributed by atoms with Crippen LogP contribution in [0.15, 0.2) is 45.8 Å². The van der Waals surface area contributed by atoms with E-state index in [0.29, 0.717) is 31.1 Å². The standard InChI is InChI=1S/C22H27N5O3/c1-15(13-26-17(3)12-16(2)23-26)22(29)25-10-4-6-18(14-25)27-21(28)9-8-19(24-27)20-7-5-11-30-20/h5,7-9,11-12,15,18H,4,6,10,13-14H2,1-3H3/t15-,18-/m0/s1. The number of hydrogen-bond donors (Lipinski definition) is 0. The van der Waals surface area contributed by atoms with Crippen molar-refractivity contribution < 1.29 is 9.21 Å². The van der Waals surface area contributed by atoms with Gasteiger partial charge in [-0.15, -0.1) is 0 Å². The van der Waals surface area contributed by atoms with Crippen LogP contribution in [-0.4, -0.2) is 43.5 Å². The van der Waals surface area contributed by atoms with E-state index in [0.717, 1.165) is 24.2 Å². The van der Waals surface area contributed by atoms with E-state index in [9.17, 15) is 9.59 Å². The molecule has 0 aromatic carbocycles. The molecule has 158 valence electrons. The third-order valence-corrected chi connectivity index (χ3v) is 5.62. The van der Waals surface area contributed by atoms with Crippen molar-refractivity contribution in [1.29, 1.82) is 0 Å². The number of furan rings is 1. The second-order valence-corrected chi connectivity index (χ2v) is 8.07. The highest BCUT2D eigenvalue weighted by Crippen LogP contribution is 2.23. The van der Waals surface area contributed by atoms with Crippen LogP contribution in [0.4, 0.5) is 0 Å². The lowest BCUT2D eigenvalue weighted by Crippen LogP contribution is -2.45. The Bertz CT molecular complexity index is 1080. The van der Waals surface area contributed by atoms with E-state index in [-0.39, 0.29) is 23.4 Å². The van der Waals surface area contributed by atoms with Crippen molar-refractivity contribution in [3.8, 4) is 11.5 Å². The van der Waals surface area contributed by atoms with Crippen molar-refractivity contribution in [2.24, 2.45) is 5.92 Å². The molecule has 4 heterocycles. The fraction of sp³-hybridized carbons (Fsp3) is 0.455. The minimum atomic E-state index is -0.194. The predicted octanol–water partition coefficient (Wildman–Crippen LogP) is 2.82. The van der Waals surface area contributed by atoms with Crippen LogP contribution in [-0.2, 0) is 11.3 Å². The average molecular weight is 409 g/mol. The fourth-order valence-corrected chi connectivity index (χ4v) is 4.11. The summed E-state index contributed by atoms with van der Waals surface area (Å²) in [6.07, 6.45) is 3.23. The normalized spacial score (nSPS) is 17.8. The van der Waals surface area contributed by atoms with Crippen molar-refractivity contribution in [3.05, 3.63) is 58.3 Å². The quantitative estimate of drug-likeness (QED) is 0.647. The number of piperidine rings is 1. The molecule has 0 bridgehead atoms. The lowest BCUT2D eigenvalue weighted by molar-refractivity contribution is -0.137. The Labute approximate surface area is 175 Å². The summed E-state index contributed by atoms with van der Waals surface area (Å²) < 4.78 is 8.80. The van der Waals surface area contributed by atoms with Gasteiger partial charge in [-0.3, -0.25) is 14.3 Å². The molecule has 3 aromatic heterocycles. The van der Waals surface area contributed by atoms with Gasteiger partial charge in [0.2, 0.25) is 5.91 Å². The molecule has 30 heavy (non-hydrogen) atoms. The zero-order valence-corrected chi connectivity index (χ0v) is 17.6. The summed E-state index contributed by atoms with van der Waals surface area (Å²) in [5.74, 6) is 0.509. The second kappa shape index (κ2) is 8.30. The van der Waals surface area contributed by atoms with E-state index in [1.165, 1.54) is 10.7 Å². The van der Waals surface area contributed by atoms with Gasteiger partial charge in [-0.05, 0) is 51.0 Å². The number of amides is 1. The largest absolute Gasteiger partial charge is 0.463 e. The van der Waals surface area contributed by atoms with Gasteiger partial charge in [0, 0.05) is 24.8 Å². The van der Waals surface area contributed by atoms with Crippen LogP contribution < -0.4 is 5.56 Å². The van der Waals surface area contributed by atoms with Gasteiger partial charge in [0.15, 0.2) is 5.76 Å². The molecule has 0 saturated carbocycles. The zero-order valence-electron chi connectivity index (χ0n) is 17.6. The lowest BCUT2D eigenvalue weighted by atomic mass is 10.0. The summed E-state index contributed by atoms with van der Waals surface area (Å²) in [5, 5.41) is 8.99. The first-order valence-corrected chi connectivity index (χ1v) is 10.4. The van der Waals surface area contributed by atoms with Gasteiger partial charge in [0.05, 0.1) is 30.5 Å². The Hall–Kier alpha value is -3.16. The molecule has 0 radical (unpaired) electrons. The second-order valence-electron chi connectivity index (χ2n) is 8.07. The molecular formula is C22H27N5O3. The highest BCUT2D eigenvalue weighted by Gasteiger charge is 2.29. The maximum Gasteiger partial charge on any atom is 0.267 e. The first-order valence-electron chi connectivity index (χ1n) is 10.4. The predicted molar refractivity (Wildman–Crippen MR) is 112 cm³/mol. The minimum absolute atomic E-state index is 0.0856. The molecule has 8 heteroatoms. The summed E-state index contributed by atoms with van der Waals surface area (Å²) in [7, 11) is 0. The smallest absolute Gasteiger partial charge is 0.267 e. The topological polar surface area (TPSA) is 86.2 Å². The van der Waals surface area contributed by atoms with Crippen molar-refractivity contribution >= 4 is 5.91 Å². The summed E-state index contributed by atoms with van der Waals surface area (Å²) in [6, 6.07) is 8.65. The van der Waals surface area contributed by atoms with Gasteiger partial charge in [0.1, 0.15) is 5.69 Å². The first kappa shape index (κ1) is 20.1. The monoisotopic (exact) mass is 409 g/mol. The molecule has 2 atom stereocenters. The molecule has 0 N–H and O–H groups in total. The van der Waals surface area contributed by atoms with E-state index >= 15 is 0 Å². The Balaban J connectivity index is 1.49. The van der Waals surface area contributed by atoms with Crippen molar-refractivity contribution in [2.75, 3.05) is 13.1 Å². The number of aryl methyl sites for hydroxylation is 2. The SMILES string of the molecule is Cc1cc(C)n(C[C@H](C)C(=O)N2CCC[C@H](n3nc(-c4ccco4)ccc3=O)C2)n1. The third-order valence-electron chi connectivity index (χ3n) is 5.62. The number of aromatic nitrogens is 4. The lowest BCUT2D eigenvalue weighted by Gasteiger charge is -2.34. The van der Waals surface area contributed by atoms with E-state index in [4.69, 9.17) is 4.42 Å². The highest BCUT2D eigenvalue weighted by atomic mass is 16.3. The van der Waals surface area contributed by atoms with Crippen LogP contribution >= 0.6 is 0 Å². The van der Waals surface area contributed by atoms with E-state index < -0.39 is 0 Å². The number of carbonyl (C=O) groups excluding carboxylic acids is 1. The van der Waals surface area contributed by atoms with Crippen LogP contribution in [0.5, 0.6) is 0 Å². The third kappa shape index (κ3) is 4.08. The molecule has 1 aliphatic heterocycles. The Morgan fingerprint density at radius 3 is 2.80 bits per heavy atom. The first-order chi connectivity index (χ1) is 14.4. The van der Waals surface area contributed by atoms with Crippen LogP contribution in [0.1, 0.15) is 37.2 Å². The van der Waals surface area contributed by atoms with Crippen LogP contribution in [0.2, 0.25) is 0 Å². The minimum Gasteiger partial charge on any atom is -0.463 e. The molecule has 8 nitrogen and oxygen atoms in total. The van der Waals surface area contributed by atoms with E-state index in [2.05, 4.69) is 10.2 Å². The summed E-state index contributed by atoms with van der Waals surface area (Å²) >= 11 is 0. The Morgan fingerprint density at radius 2 is 2.10 bits per heavy atom. The fourth-order valence-electron chi connectivity index (χ4n) is 4.11. The summed E-state index contributed by atoms with van der Waals surface area (Å²) in [4.78, 5) is 27.4. The van der Waals surface area contributed by atoms with Crippen molar-refractivity contribution in [2.45, 2.75) is 46.2 Å². The van der Waals surface area contributed by atoms with Gasteiger partial charge in [0.25, 0.3) is 5.56 Å². The Morgan fingerprint density at radius 1 is 1.27 bits per heavy atom. The van der Waals surface area contributed by atoms with Crippen LogP contribution in [0.3, 0.4) is 0 Å². The molecule has 1 amide bonds. The Kier molecular flexibility index (Phi) is 5.57. The average Bonchev–Trinajstić information content (AvgIpc) is 3.38. The zero-order chi connectivity index (χ0) is 21.3.